The Bertz CT molecular complexity index is 605. The van der Waals surface area contributed by atoms with Gasteiger partial charge >= 0.3 is 0 Å². The van der Waals surface area contributed by atoms with Gasteiger partial charge in [-0.3, -0.25) is 0 Å². The molecule has 1 N–H and O–H groups in total. The van der Waals surface area contributed by atoms with Crippen molar-refractivity contribution in [3.8, 4) is 11.5 Å². The summed E-state index contributed by atoms with van der Waals surface area (Å²) >= 11 is 0. The number of hydrogen-bond donors (Lipinski definition) is 1. The SMILES string of the molecule is COc1ccc(C(O)c2cccc(OC(C)C)c2)c(C)c1. The number of ether oxygens (including phenoxy) is 2. The Labute approximate surface area is 126 Å². The fraction of sp³-hybridized carbons (Fsp3) is 0.333. The van der Waals surface area contributed by atoms with Crippen LogP contribution in [0.4, 0.5) is 0 Å². The van der Waals surface area contributed by atoms with E-state index in [0.717, 1.165) is 28.2 Å². The zero-order chi connectivity index (χ0) is 15.4. The molecule has 0 aliphatic heterocycles. The molecule has 112 valence electrons. The van der Waals surface area contributed by atoms with Gasteiger partial charge in [-0.15, -0.1) is 0 Å². The summed E-state index contributed by atoms with van der Waals surface area (Å²) in [4.78, 5) is 0. The van der Waals surface area contributed by atoms with Crippen LogP contribution in [-0.2, 0) is 0 Å². The van der Waals surface area contributed by atoms with Gasteiger partial charge in [-0.25, -0.2) is 0 Å². The van der Waals surface area contributed by atoms with E-state index in [-0.39, 0.29) is 6.10 Å². The molecule has 1 unspecified atom stereocenters. The first-order valence-electron chi connectivity index (χ1n) is 7.10. The van der Waals surface area contributed by atoms with Crippen molar-refractivity contribution >= 4 is 0 Å². The smallest absolute Gasteiger partial charge is 0.120 e. The van der Waals surface area contributed by atoms with Crippen LogP contribution in [0.5, 0.6) is 11.5 Å². The molecule has 2 rings (SSSR count). The van der Waals surface area contributed by atoms with E-state index in [1.54, 1.807) is 7.11 Å². The highest BCUT2D eigenvalue weighted by Gasteiger charge is 2.14. The second-order valence-corrected chi connectivity index (χ2v) is 5.36. The lowest BCUT2D eigenvalue weighted by Gasteiger charge is -2.17. The molecule has 0 amide bonds. The second-order valence-electron chi connectivity index (χ2n) is 5.36. The van der Waals surface area contributed by atoms with Gasteiger partial charge in [0.25, 0.3) is 0 Å². The van der Waals surface area contributed by atoms with Gasteiger partial charge in [0.15, 0.2) is 0 Å². The standard InChI is InChI=1S/C18H22O3/c1-12(2)21-16-7-5-6-14(11-16)18(19)17-9-8-15(20-4)10-13(17)3/h5-12,18-19H,1-4H3. The molecule has 0 bridgehead atoms. The number of rotatable bonds is 5. The zero-order valence-corrected chi connectivity index (χ0v) is 13.0. The van der Waals surface area contributed by atoms with Gasteiger partial charge < -0.3 is 14.6 Å². The van der Waals surface area contributed by atoms with E-state index < -0.39 is 6.10 Å². The molecule has 0 radical (unpaired) electrons. The van der Waals surface area contributed by atoms with Crippen LogP contribution in [0.1, 0.15) is 36.6 Å². The molecular weight excluding hydrogens is 264 g/mol. The monoisotopic (exact) mass is 286 g/mol. The topological polar surface area (TPSA) is 38.7 Å². The van der Waals surface area contributed by atoms with Crippen molar-refractivity contribution in [2.24, 2.45) is 0 Å². The first-order chi connectivity index (χ1) is 10.0. The number of aryl methyl sites for hydroxylation is 1. The molecule has 2 aromatic carbocycles. The van der Waals surface area contributed by atoms with E-state index in [1.165, 1.54) is 0 Å². The van der Waals surface area contributed by atoms with Gasteiger partial charge in [0, 0.05) is 0 Å². The molecule has 0 saturated carbocycles. The molecular formula is C18H22O3. The molecule has 0 aromatic heterocycles. The van der Waals surface area contributed by atoms with E-state index in [2.05, 4.69) is 0 Å². The average molecular weight is 286 g/mol. The van der Waals surface area contributed by atoms with E-state index in [9.17, 15) is 5.11 Å². The third-order valence-corrected chi connectivity index (χ3v) is 3.32. The van der Waals surface area contributed by atoms with Crippen molar-refractivity contribution in [2.45, 2.75) is 33.0 Å². The predicted molar refractivity (Wildman–Crippen MR) is 84.0 cm³/mol. The molecule has 3 heteroatoms. The Morgan fingerprint density at radius 1 is 1.00 bits per heavy atom. The number of aliphatic hydroxyl groups is 1. The Balaban J connectivity index is 2.29. The molecule has 2 aromatic rings. The van der Waals surface area contributed by atoms with Crippen LogP contribution in [0, 0.1) is 6.92 Å². The van der Waals surface area contributed by atoms with Crippen LogP contribution in [0.15, 0.2) is 42.5 Å². The van der Waals surface area contributed by atoms with Crippen LogP contribution < -0.4 is 9.47 Å². The summed E-state index contributed by atoms with van der Waals surface area (Å²) in [6.45, 7) is 5.93. The Morgan fingerprint density at radius 2 is 1.76 bits per heavy atom. The third-order valence-electron chi connectivity index (χ3n) is 3.32. The first-order valence-corrected chi connectivity index (χ1v) is 7.10. The van der Waals surface area contributed by atoms with Crippen LogP contribution in [0.3, 0.4) is 0 Å². The second kappa shape index (κ2) is 6.64. The summed E-state index contributed by atoms with van der Waals surface area (Å²) in [5.41, 5.74) is 2.69. The third kappa shape index (κ3) is 3.76. The molecule has 0 heterocycles. The minimum absolute atomic E-state index is 0.111. The lowest BCUT2D eigenvalue weighted by Crippen LogP contribution is -2.07. The van der Waals surface area contributed by atoms with Crippen molar-refractivity contribution in [1.29, 1.82) is 0 Å². The molecule has 21 heavy (non-hydrogen) atoms. The van der Waals surface area contributed by atoms with Crippen molar-refractivity contribution < 1.29 is 14.6 Å². The van der Waals surface area contributed by atoms with Gasteiger partial charge in [0.1, 0.15) is 17.6 Å². The largest absolute Gasteiger partial charge is 0.497 e. The maximum Gasteiger partial charge on any atom is 0.120 e. The highest BCUT2D eigenvalue weighted by atomic mass is 16.5. The van der Waals surface area contributed by atoms with Crippen molar-refractivity contribution in [3.63, 3.8) is 0 Å². The number of aliphatic hydroxyl groups excluding tert-OH is 1. The summed E-state index contributed by atoms with van der Waals surface area (Å²) in [6, 6.07) is 13.3. The fourth-order valence-electron chi connectivity index (χ4n) is 2.29. The molecule has 0 saturated heterocycles. The van der Waals surface area contributed by atoms with Crippen LogP contribution >= 0.6 is 0 Å². The lowest BCUT2D eigenvalue weighted by atomic mass is 9.97. The minimum Gasteiger partial charge on any atom is -0.497 e. The average Bonchev–Trinajstić information content (AvgIpc) is 2.46. The van der Waals surface area contributed by atoms with Crippen LogP contribution in [0.25, 0.3) is 0 Å². The van der Waals surface area contributed by atoms with Crippen molar-refractivity contribution in [3.05, 3.63) is 59.2 Å². The lowest BCUT2D eigenvalue weighted by molar-refractivity contribution is 0.215. The quantitative estimate of drug-likeness (QED) is 0.906. The summed E-state index contributed by atoms with van der Waals surface area (Å²) in [5.74, 6) is 1.56. The molecule has 0 spiro atoms. The number of methoxy groups -OCH3 is 1. The van der Waals surface area contributed by atoms with E-state index in [4.69, 9.17) is 9.47 Å². The number of benzene rings is 2. The highest BCUT2D eigenvalue weighted by molar-refractivity contribution is 5.41. The van der Waals surface area contributed by atoms with Gasteiger partial charge in [-0.05, 0) is 61.7 Å². The van der Waals surface area contributed by atoms with Crippen molar-refractivity contribution in [1.82, 2.24) is 0 Å². The first kappa shape index (κ1) is 15.4. The van der Waals surface area contributed by atoms with E-state index in [0.29, 0.717) is 0 Å². The van der Waals surface area contributed by atoms with E-state index >= 15 is 0 Å². The molecule has 0 aliphatic rings. The maximum absolute atomic E-state index is 10.6. The van der Waals surface area contributed by atoms with Crippen LogP contribution in [-0.4, -0.2) is 18.3 Å². The zero-order valence-electron chi connectivity index (χ0n) is 13.0. The molecule has 3 nitrogen and oxygen atoms in total. The summed E-state index contributed by atoms with van der Waals surface area (Å²) in [5, 5.41) is 10.6. The Kier molecular flexibility index (Phi) is 4.86. The minimum atomic E-state index is -0.674. The normalized spacial score (nSPS) is 12.3. The van der Waals surface area contributed by atoms with Crippen LogP contribution in [0.2, 0.25) is 0 Å². The molecule has 1 atom stereocenters. The molecule has 0 fully saturated rings. The summed E-state index contributed by atoms with van der Waals surface area (Å²) in [6.07, 6.45) is -0.563. The van der Waals surface area contributed by atoms with Gasteiger partial charge in [-0.1, -0.05) is 18.2 Å². The molecule has 0 aliphatic carbocycles. The Hall–Kier alpha value is -2.00. The van der Waals surface area contributed by atoms with Gasteiger partial charge in [0.05, 0.1) is 13.2 Å². The summed E-state index contributed by atoms with van der Waals surface area (Å²) in [7, 11) is 1.64. The highest BCUT2D eigenvalue weighted by Crippen LogP contribution is 2.29. The predicted octanol–water partition coefficient (Wildman–Crippen LogP) is 3.87. The Morgan fingerprint density at radius 3 is 2.38 bits per heavy atom. The summed E-state index contributed by atoms with van der Waals surface area (Å²) < 4.78 is 10.9. The number of hydrogen-bond acceptors (Lipinski definition) is 3. The van der Waals surface area contributed by atoms with Gasteiger partial charge in [-0.2, -0.15) is 0 Å². The van der Waals surface area contributed by atoms with E-state index in [1.807, 2.05) is 63.2 Å². The van der Waals surface area contributed by atoms with Crippen molar-refractivity contribution in [2.75, 3.05) is 7.11 Å². The van der Waals surface area contributed by atoms with Gasteiger partial charge in [0.2, 0.25) is 0 Å². The maximum atomic E-state index is 10.6. The fourth-order valence-corrected chi connectivity index (χ4v) is 2.29.